The van der Waals surface area contributed by atoms with E-state index < -0.39 is 80.4 Å². The van der Waals surface area contributed by atoms with Crippen molar-refractivity contribution in [3.05, 3.63) is 191 Å². The molecule has 1 saturated heterocycles. The minimum Gasteiger partial charge on any atom is -0.481 e. The van der Waals surface area contributed by atoms with Crippen LogP contribution in [0.2, 0.25) is 0 Å². The lowest BCUT2D eigenvalue weighted by atomic mass is 9.89. The molecule has 1 aliphatic heterocycles. The summed E-state index contributed by atoms with van der Waals surface area (Å²) in [6.45, 7) is 13.5. The van der Waals surface area contributed by atoms with Crippen LogP contribution in [0.25, 0.3) is 22.3 Å². The molecule has 6 aromatic carbocycles. The first-order chi connectivity index (χ1) is 44.0. The second-order valence-corrected chi connectivity index (χ2v) is 25.9. The van der Waals surface area contributed by atoms with Gasteiger partial charge >= 0.3 is 18.2 Å². The summed E-state index contributed by atoms with van der Waals surface area (Å²) in [5, 5.41) is 19.6. The van der Waals surface area contributed by atoms with Crippen LogP contribution in [-0.2, 0) is 69.8 Å². The number of benzene rings is 6. The number of ether oxygens (including phenoxy) is 4. The van der Waals surface area contributed by atoms with E-state index in [9.17, 15) is 43.5 Å². The highest BCUT2D eigenvalue weighted by atomic mass is 36.0. The van der Waals surface area contributed by atoms with Crippen molar-refractivity contribution >= 4 is 89.0 Å². The maximum absolute atomic E-state index is 13.3. The number of nitrogens with one attached hydrogen (secondary N) is 4. The third-order valence-electron chi connectivity index (χ3n) is 16.0. The van der Waals surface area contributed by atoms with E-state index in [-0.39, 0.29) is 74.1 Å². The van der Waals surface area contributed by atoms with Crippen molar-refractivity contribution in [2.24, 2.45) is 23.7 Å². The van der Waals surface area contributed by atoms with E-state index in [1.54, 1.807) is 20.8 Å². The molecule has 5 N–H and O–H groups in total. The Balaban J connectivity index is 0.000000253. The Morgan fingerprint density at radius 1 is 0.478 bits per heavy atom. The SMILES string of the molecule is C1COCCO1.CC(C)C(CC(=O)[C@H](C)NC(=O)[C@H](Cc1ccccc1)NC(=O)OCC1c2ccccc2-c2ccccc21)C(=O)Cl.CC(C)C(CC(=O)[C@H](C)NC(=O)[C@H](Cc1ccccc1)NC(=O)OCC1c2ccccc2-c2ccccc21)C(=O)O.O=S(Cl)Cl. The van der Waals surface area contributed by atoms with Gasteiger partial charge in [-0.2, -0.15) is 0 Å². The molecule has 3 aliphatic rings. The van der Waals surface area contributed by atoms with Crippen molar-refractivity contribution in [2.45, 2.75) is 103 Å². The number of halogens is 3. The molecule has 9 rings (SSSR count). The van der Waals surface area contributed by atoms with E-state index >= 15 is 0 Å². The maximum atomic E-state index is 13.3. The third kappa shape index (κ3) is 22.2. The third-order valence-corrected chi connectivity index (χ3v) is 16.2. The molecule has 0 bridgehead atoms. The topological polar surface area (TPSA) is 259 Å². The minimum atomic E-state index is -1.67. The zero-order chi connectivity index (χ0) is 66.9. The number of rotatable bonds is 24. The summed E-state index contributed by atoms with van der Waals surface area (Å²) in [6.07, 6.45) is -1.36. The van der Waals surface area contributed by atoms with E-state index in [1.165, 1.54) is 6.92 Å². The van der Waals surface area contributed by atoms with Gasteiger partial charge in [0.05, 0.1) is 44.4 Å². The zero-order valence-electron chi connectivity index (χ0n) is 52.2. The first-order valence-corrected chi connectivity index (χ1v) is 33.5. The molecule has 0 saturated carbocycles. The lowest BCUT2D eigenvalue weighted by molar-refractivity contribution is -0.145. The first-order valence-electron chi connectivity index (χ1n) is 30.3. The summed E-state index contributed by atoms with van der Waals surface area (Å²) in [7, 11) is 7.36. The number of Topliss-reactive ketones (excluding diaryl/α,β-unsaturated/α-hetero) is 2. The fourth-order valence-electron chi connectivity index (χ4n) is 10.9. The number of amides is 4. The van der Waals surface area contributed by atoms with E-state index in [2.05, 4.69) is 66.9 Å². The molecule has 92 heavy (non-hydrogen) atoms. The van der Waals surface area contributed by atoms with Gasteiger partial charge in [0.2, 0.25) is 26.3 Å². The van der Waals surface area contributed by atoms with Crippen LogP contribution < -0.4 is 21.3 Å². The molecular formula is C70H79Cl3N4O14S. The summed E-state index contributed by atoms with van der Waals surface area (Å²) in [6, 6.07) is 46.8. The van der Waals surface area contributed by atoms with Gasteiger partial charge in [-0.05, 0) is 92.9 Å². The van der Waals surface area contributed by atoms with Crippen LogP contribution in [0.15, 0.2) is 158 Å². The average Bonchev–Trinajstić information content (AvgIpc) is 1.64. The second kappa shape index (κ2) is 37.1. The maximum Gasteiger partial charge on any atom is 0.407 e. The Morgan fingerprint density at radius 3 is 1.05 bits per heavy atom. The smallest absolute Gasteiger partial charge is 0.407 e. The Labute approximate surface area is 553 Å². The lowest BCUT2D eigenvalue weighted by Gasteiger charge is -2.23. The fraction of sp³-hybridized carbons (Fsp3) is 0.371. The molecule has 18 nitrogen and oxygen atoms in total. The number of ketones is 2. The average molecular weight is 1340 g/mol. The Kier molecular flexibility index (Phi) is 29.5. The molecule has 2 unspecified atom stereocenters. The molecule has 4 amide bonds. The number of fused-ring (bicyclic) bond motifs is 6. The van der Waals surface area contributed by atoms with Crippen molar-refractivity contribution in [1.82, 2.24) is 21.3 Å². The molecule has 490 valence electrons. The number of alkyl carbamates (subject to hydrolysis) is 2. The molecular weight excluding hydrogens is 1260 g/mol. The zero-order valence-corrected chi connectivity index (χ0v) is 55.2. The van der Waals surface area contributed by atoms with Crippen molar-refractivity contribution in [1.29, 1.82) is 0 Å². The number of aliphatic carboxylic acids is 1. The number of carbonyl (C=O) groups is 8. The highest BCUT2D eigenvalue weighted by Crippen LogP contribution is 2.46. The van der Waals surface area contributed by atoms with Crippen LogP contribution >= 0.6 is 33.0 Å². The molecule has 6 atom stereocenters. The summed E-state index contributed by atoms with van der Waals surface area (Å²) >= 11 is 5.68. The van der Waals surface area contributed by atoms with Crippen LogP contribution in [0.5, 0.6) is 0 Å². The van der Waals surface area contributed by atoms with Crippen LogP contribution in [0.1, 0.15) is 99.6 Å². The monoisotopic (exact) mass is 1340 g/mol. The Morgan fingerprint density at radius 2 is 0.772 bits per heavy atom. The standard InChI is InChI=1S/C33H35ClN2O5.C33H36N2O6.C4H8O2.Cl2OS/c1-20(2)27(31(34)38)18-30(37)21(3)35-32(39)29(17-22-11-5-4-6-12-22)36-33(40)41-19-28-25-15-9-7-13-23(25)24-14-8-10-16-26(24)28;1-20(2)27(32(38)39)18-30(36)21(3)34-31(37)29(17-22-11-5-4-6-12-22)35-33(40)41-19-28-25-15-9-7-13-23(25)24-14-8-10-16-26(24)28;1-2-6-4-3-5-1;1-4(2)3/h4-16,20-21,27-29H,17-19H2,1-3H3,(H,35,39)(H,36,40);4-16,20-21,27-29H,17-19H2,1-3H3,(H,34,37)(H,35,40)(H,38,39);1-4H2;/t2*21-,27?,29-;;/m00../s1. The largest absolute Gasteiger partial charge is 0.481 e. The van der Waals surface area contributed by atoms with Crippen LogP contribution in [0, 0.1) is 23.7 Å². The van der Waals surface area contributed by atoms with E-state index in [4.69, 9.17) is 34.8 Å². The van der Waals surface area contributed by atoms with E-state index in [0.717, 1.165) is 82.1 Å². The van der Waals surface area contributed by atoms with Crippen molar-refractivity contribution in [2.75, 3.05) is 39.6 Å². The molecule has 0 spiro atoms. The van der Waals surface area contributed by atoms with Gasteiger partial charge in [0.1, 0.15) is 25.3 Å². The predicted octanol–water partition coefficient (Wildman–Crippen LogP) is 11.7. The molecule has 1 heterocycles. The van der Waals surface area contributed by atoms with Gasteiger partial charge in [0.25, 0.3) is 0 Å². The Hall–Kier alpha value is -7.78. The van der Waals surface area contributed by atoms with Gasteiger partial charge < -0.3 is 45.3 Å². The first kappa shape index (κ1) is 73.3. The molecule has 0 aromatic heterocycles. The molecule has 2 aliphatic carbocycles. The summed E-state index contributed by atoms with van der Waals surface area (Å²) in [5.74, 6) is -4.92. The Bertz CT molecular complexity index is 3160. The minimum absolute atomic E-state index is 0.0788. The van der Waals surface area contributed by atoms with Crippen molar-refractivity contribution < 1.29 is 66.6 Å². The highest BCUT2D eigenvalue weighted by molar-refractivity contribution is 8.26. The number of carboxylic acid groups (broad SMARTS) is 1. The summed E-state index contributed by atoms with van der Waals surface area (Å²) in [4.78, 5) is 101. The number of hydrogen-bond donors (Lipinski definition) is 5. The second-order valence-electron chi connectivity index (χ2n) is 23.0. The lowest BCUT2D eigenvalue weighted by Crippen LogP contribution is -2.52. The molecule has 6 aromatic rings. The van der Waals surface area contributed by atoms with Gasteiger partial charge in [-0.3, -0.25) is 28.8 Å². The van der Waals surface area contributed by atoms with Gasteiger partial charge in [0, 0.05) is 64.8 Å². The normalized spacial score (nSPS) is 14.7. The van der Waals surface area contributed by atoms with Crippen molar-refractivity contribution in [3.63, 3.8) is 0 Å². The summed E-state index contributed by atoms with van der Waals surface area (Å²) in [5.41, 5.74) is 10.4. The van der Waals surface area contributed by atoms with Gasteiger partial charge in [-0.15, -0.1) is 0 Å². The summed E-state index contributed by atoms with van der Waals surface area (Å²) < 4.78 is 30.3. The number of carbonyl (C=O) groups excluding carboxylic acids is 7. The van der Waals surface area contributed by atoms with Crippen molar-refractivity contribution in [3.8, 4) is 22.3 Å². The predicted molar refractivity (Wildman–Crippen MR) is 355 cm³/mol. The van der Waals surface area contributed by atoms with Crippen LogP contribution in [0.4, 0.5) is 9.59 Å². The van der Waals surface area contributed by atoms with E-state index in [0.29, 0.717) is 0 Å². The fourth-order valence-corrected chi connectivity index (χ4v) is 11.2. The van der Waals surface area contributed by atoms with Crippen LogP contribution in [0.3, 0.4) is 0 Å². The quantitative estimate of drug-likeness (QED) is 0.0353. The molecule has 1 fully saturated rings. The van der Waals surface area contributed by atoms with Gasteiger partial charge in [-0.25, -0.2) is 13.8 Å². The van der Waals surface area contributed by atoms with Gasteiger partial charge in [0.15, 0.2) is 11.6 Å². The van der Waals surface area contributed by atoms with Gasteiger partial charge in [-0.1, -0.05) is 185 Å². The molecule has 22 heteroatoms. The number of hydrogen-bond acceptors (Lipinski definition) is 13. The van der Waals surface area contributed by atoms with Crippen LogP contribution in [-0.4, -0.2) is 120 Å². The number of carboxylic acids is 1. The highest BCUT2D eigenvalue weighted by Gasteiger charge is 2.34. The van der Waals surface area contributed by atoms with E-state index in [1.807, 2.05) is 147 Å². The molecule has 0 radical (unpaired) electrons.